The maximum absolute atomic E-state index is 12.3. The SMILES string of the molecule is CCOC(=O)C[N+]1=C2C=CC=CC2C(=O)N(CC)C1=O. The van der Waals surface area contributed by atoms with E-state index >= 15 is 0 Å². The molecule has 0 aromatic rings. The van der Waals surface area contributed by atoms with Crippen molar-refractivity contribution in [3.05, 3.63) is 24.3 Å². The lowest BCUT2D eigenvalue weighted by Gasteiger charge is -2.25. The van der Waals surface area contributed by atoms with Crippen molar-refractivity contribution < 1.29 is 23.7 Å². The van der Waals surface area contributed by atoms with Crippen LogP contribution < -0.4 is 0 Å². The fraction of sp³-hybridized carbons (Fsp3) is 0.429. The normalized spacial score (nSPS) is 21.3. The van der Waals surface area contributed by atoms with Crippen LogP contribution in [0, 0.1) is 5.92 Å². The average Bonchev–Trinajstić information content (AvgIpc) is 2.44. The van der Waals surface area contributed by atoms with E-state index in [-0.39, 0.29) is 25.6 Å². The van der Waals surface area contributed by atoms with Crippen LogP contribution >= 0.6 is 0 Å². The molecule has 2 rings (SSSR count). The molecular formula is C14H17N2O4+. The zero-order valence-corrected chi connectivity index (χ0v) is 11.5. The number of ether oxygens (including phenoxy) is 1. The third-order valence-electron chi connectivity index (χ3n) is 3.21. The lowest BCUT2D eigenvalue weighted by Crippen LogP contribution is -2.55. The molecule has 20 heavy (non-hydrogen) atoms. The number of hydrogen-bond acceptors (Lipinski definition) is 4. The number of esters is 1. The van der Waals surface area contributed by atoms with E-state index in [1.165, 1.54) is 4.58 Å². The second-order valence-corrected chi connectivity index (χ2v) is 4.40. The van der Waals surface area contributed by atoms with Gasteiger partial charge in [-0.2, -0.15) is 14.3 Å². The minimum Gasteiger partial charge on any atom is -0.463 e. The average molecular weight is 277 g/mol. The van der Waals surface area contributed by atoms with Gasteiger partial charge < -0.3 is 4.74 Å². The molecule has 2 aliphatic rings. The molecule has 3 amide bonds. The highest BCUT2D eigenvalue weighted by Crippen LogP contribution is 2.19. The Morgan fingerprint density at radius 3 is 2.75 bits per heavy atom. The Kier molecular flexibility index (Phi) is 4.12. The summed E-state index contributed by atoms with van der Waals surface area (Å²) in [4.78, 5) is 37.3. The molecule has 0 N–H and O–H groups in total. The van der Waals surface area contributed by atoms with Gasteiger partial charge in [0.1, 0.15) is 11.6 Å². The molecule has 1 atom stereocenters. The van der Waals surface area contributed by atoms with E-state index in [0.29, 0.717) is 5.71 Å². The summed E-state index contributed by atoms with van der Waals surface area (Å²) in [5.74, 6) is -1.25. The second kappa shape index (κ2) is 5.81. The molecule has 0 saturated heterocycles. The number of carbonyl (C=O) groups is 3. The third kappa shape index (κ3) is 2.41. The highest BCUT2D eigenvalue weighted by atomic mass is 16.5. The van der Waals surface area contributed by atoms with Crippen LogP contribution in [0.15, 0.2) is 24.3 Å². The molecule has 0 aromatic heterocycles. The fourth-order valence-electron chi connectivity index (χ4n) is 2.30. The quantitative estimate of drug-likeness (QED) is 0.561. The van der Waals surface area contributed by atoms with Crippen LogP contribution in [-0.2, 0) is 14.3 Å². The number of imide groups is 1. The van der Waals surface area contributed by atoms with Crippen LogP contribution in [0.2, 0.25) is 0 Å². The Morgan fingerprint density at radius 2 is 2.10 bits per heavy atom. The van der Waals surface area contributed by atoms with Gasteiger partial charge in [0, 0.05) is 0 Å². The molecule has 0 saturated carbocycles. The third-order valence-corrected chi connectivity index (χ3v) is 3.21. The van der Waals surface area contributed by atoms with Gasteiger partial charge in [-0.25, -0.2) is 9.59 Å². The minimum absolute atomic E-state index is 0.180. The van der Waals surface area contributed by atoms with Crippen LogP contribution in [0.3, 0.4) is 0 Å². The molecule has 0 bridgehead atoms. The van der Waals surface area contributed by atoms with Crippen molar-refractivity contribution in [3.8, 4) is 0 Å². The van der Waals surface area contributed by atoms with Crippen molar-refractivity contribution in [2.75, 3.05) is 19.7 Å². The first-order valence-electron chi connectivity index (χ1n) is 6.60. The zero-order valence-electron chi connectivity index (χ0n) is 11.5. The van der Waals surface area contributed by atoms with Crippen molar-refractivity contribution in [3.63, 3.8) is 0 Å². The molecule has 0 aromatic carbocycles. The summed E-state index contributed by atoms with van der Waals surface area (Å²) in [6.45, 7) is 3.79. The molecule has 1 heterocycles. The molecule has 1 aliphatic heterocycles. The smallest absolute Gasteiger partial charge is 0.463 e. The number of hydrogen-bond donors (Lipinski definition) is 0. The van der Waals surface area contributed by atoms with Crippen molar-refractivity contribution >= 4 is 23.6 Å². The van der Waals surface area contributed by atoms with Gasteiger partial charge in [-0.15, -0.1) is 0 Å². The van der Waals surface area contributed by atoms with Crippen LogP contribution in [0.1, 0.15) is 13.8 Å². The summed E-state index contributed by atoms with van der Waals surface area (Å²) in [6, 6.07) is -0.475. The van der Waals surface area contributed by atoms with E-state index in [4.69, 9.17) is 4.74 Å². The standard InChI is InChI=1S/C14H17N2O4/c1-3-15-13(18)10-7-5-6-8-11(10)16(14(15)19)9-12(17)20-4-2/h5-8,10H,3-4,9H2,1-2H3/q+1. The number of carbonyl (C=O) groups excluding carboxylic acids is 3. The lowest BCUT2D eigenvalue weighted by molar-refractivity contribution is -0.431. The maximum atomic E-state index is 12.3. The number of fused-ring (bicyclic) bond motifs is 1. The van der Waals surface area contributed by atoms with Gasteiger partial charge in [-0.3, -0.25) is 0 Å². The monoisotopic (exact) mass is 277 g/mol. The number of nitrogens with zero attached hydrogens (tertiary/aromatic N) is 2. The van der Waals surface area contributed by atoms with Gasteiger partial charge in [0.15, 0.2) is 6.54 Å². The summed E-state index contributed by atoms with van der Waals surface area (Å²) in [5, 5.41) is 0. The first-order chi connectivity index (χ1) is 9.60. The van der Waals surface area contributed by atoms with Crippen molar-refractivity contribution in [2.45, 2.75) is 13.8 Å². The van der Waals surface area contributed by atoms with Gasteiger partial charge in [-0.1, -0.05) is 18.2 Å². The highest BCUT2D eigenvalue weighted by molar-refractivity contribution is 6.16. The Hall–Kier alpha value is -2.24. The van der Waals surface area contributed by atoms with Gasteiger partial charge in [0.2, 0.25) is 0 Å². The van der Waals surface area contributed by atoms with Gasteiger partial charge in [-0.05, 0) is 19.9 Å². The Bertz CT molecular complexity index is 545. The van der Waals surface area contributed by atoms with E-state index < -0.39 is 17.9 Å². The Labute approximate surface area is 117 Å². The number of urea groups is 1. The van der Waals surface area contributed by atoms with Gasteiger partial charge in [0.05, 0.1) is 13.2 Å². The molecule has 6 nitrogen and oxygen atoms in total. The summed E-state index contributed by atoms with van der Waals surface area (Å²) >= 11 is 0. The minimum atomic E-state index is -0.507. The van der Waals surface area contributed by atoms with E-state index in [2.05, 4.69) is 0 Å². The van der Waals surface area contributed by atoms with Gasteiger partial charge >= 0.3 is 17.9 Å². The molecule has 6 heteroatoms. The first-order valence-corrected chi connectivity index (χ1v) is 6.60. The lowest BCUT2D eigenvalue weighted by atomic mass is 9.94. The molecule has 0 spiro atoms. The zero-order chi connectivity index (χ0) is 14.7. The Morgan fingerprint density at radius 1 is 1.35 bits per heavy atom. The van der Waals surface area contributed by atoms with Crippen molar-refractivity contribution in [1.82, 2.24) is 4.90 Å². The van der Waals surface area contributed by atoms with E-state index in [1.54, 1.807) is 38.2 Å². The van der Waals surface area contributed by atoms with Crippen LogP contribution in [0.5, 0.6) is 0 Å². The molecular weight excluding hydrogens is 260 g/mol. The predicted molar refractivity (Wildman–Crippen MR) is 71.3 cm³/mol. The van der Waals surface area contributed by atoms with E-state index in [9.17, 15) is 14.4 Å². The summed E-state index contributed by atoms with van der Waals surface area (Å²) in [5.41, 5.74) is 0.528. The summed E-state index contributed by atoms with van der Waals surface area (Å²) < 4.78 is 6.19. The molecule has 1 aliphatic carbocycles. The second-order valence-electron chi connectivity index (χ2n) is 4.40. The summed E-state index contributed by atoms with van der Waals surface area (Å²) in [6.07, 6.45) is 6.92. The van der Waals surface area contributed by atoms with E-state index in [1.807, 2.05) is 0 Å². The van der Waals surface area contributed by atoms with E-state index in [0.717, 1.165) is 4.90 Å². The highest BCUT2D eigenvalue weighted by Gasteiger charge is 2.46. The van der Waals surface area contributed by atoms with Gasteiger partial charge in [0.25, 0.3) is 0 Å². The molecule has 0 radical (unpaired) electrons. The fourth-order valence-corrected chi connectivity index (χ4v) is 2.30. The summed E-state index contributed by atoms with van der Waals surface area (Å²) in [7, 11) is 0. The number of rotatable bonds is 4. The Balaban J connectivity index is 2.40. The number of amides is 3. The van der Waals surface area contributed by atoms with Crippen LogP contribution in [-0.4, -0.2) is 52.8 Å². The predicted octanol–water partition coefficient (Wildman–Crippen LogP) is 0.727. The van der Waals surface area contributed by atoms with Crippen molar-refractivity contribution in [2.24, 2.45) is 5.92 Å². The molecule has 1 unspecified atom stereocenters. The topological polar surface area (TPSA) is 66.7 Å². The molecule has 106 valence electrons. The van der Waals surface area contributed by atoms with Crippen LogP contribution in [0.25, 0.3) is 0 Å². The van der Waals surface area contributed by atoms with Crippen molar-refractivity contribution in [1.29, 1.82) is 0 Å². The number of allylic oxidation sites excluding steroid dienone is 3. The molecule has 0 fully saturated rings. The maximum Gasteiger partial charge on any atom is 0.501 e. The largest absolute Gasteiger partial charge is 0.501 e. The first kappa shape index (κ1) is 14.2. The van der Waals surface area contributed by atoms with Crippen LogP contribution in [0.4, 0.5) is 4.79 Å².